The van der Waals surface area contributed by atoms with Crippen LogP contribution in [0.15, 0.2) is 35.4 Å². The van der Waals surface area contributed by atoms with Crippen molar-refractivity contribution in [1.29, 1.82) is 0 Å². The Kier molecular flexibility index (Phi) is 4.49. The lowest BCUT2D eigenvalue weighted by atomic mass is 10.2. The van der Waals surface area contributed by atoms with Crippen molar-refractivity contribution in [2.45, 2.75) is 17.0 Å². The Balaban J connectivity index is 2.17. The Morgan fingerprint density at radius 3 is 2.70 bits per heavy atom. The number of thioether (sulfide) groups is 1. The lowest BCUT2D eigenvalue weighted by Crippen LogP contribution is -2.04. The van der Waals surface area contributed by atoms with E-state index in [2.05, 4.69) is 5.10 Å². The second-order valence-corrected chi connectivity index (χ2v) is 5.39. The van der Waals surface area contributed by atoms with E-state index < -0.39 is 5.51 Å². The van der Waals surface area contributed by atoms with Crippen LogP contribution in [0.5, 0.6) is 5.88 Å². The molecule has 0 saturated carbocycles. The molecule has 0 spiro atoms. The molecule has 0 amide bonds. The average molecular weight is 323 g/mol. The highest BCUT2D eigenvalue weighted by molar-refractivity contribution is 8.00. The maximum absolute atomic E-state index is 12.5. The van der Waals surface area contributed by atoms with E-state index in [0.717, 1.165) is 0 Å². The monoisotopic (exact) mass is 322 g/mol. The standard InChI is InChI=1S/C12H10ClF3N2OS/c1-18-6-5-11(17-18)19-7-8-9(13)3-2-4-10(8)20-12(14,15)16/h2-6H,7H2,1H3. The van der Waals surface area contributed by atoms with Gasteiger partial charge in [-0.1, -0.05) is 17.7 Å². The zero-order chi connectivity index (χ0) is 14.8. The number of benzene rings is 1. The number of halogens is 4. The molecule has 108 valence electrons. The van der Waals surface area contributed by atoms with Crippen molar-refractivity contribution in [1.82, 2.24) is 9.78 Å². The SMILES string of the molecule is Cn1ccc(OCc2c(Cl)cccc2SC(F)(F)F)n1. The summed E-state index contributed by atoms with van der Waals surface area (Å²) in [5, 5.41) is 4.21. The van der Waals surface area contributed by atoms with Gasteiger partial charge in [-0.05, 0) is 23.9 Å². The molecule has 2 rings (SSSR count). The number of ether oxygens (including phenoxy) is 1. The number of hydrogen-bond donors (Lipinski definition) is 0. The number of rotatable bonds is 4. The van der Waals surface area contributed by atoms with E-state index in [4.69, 9.17) is 16.3 Å². The fraction of sp³-hybridized carbons (Fsp3) is 0.250. The molecule has 0 N–H and O–H groups in total. The van der Waals surface area contributed by atoms with Gasteiger partial charge in [-0.3, -0.25) is 4.68 Å². The van der Waals surface area contributed by atoms with Gasteiger partial charge in [0.25, 0.3) is 0 Å². The van der Waals surface area contributed by atoms with Gasteiger partial charge in [0.1, 0.15) is 6.61 Å². The molecule has 0 atom stereocenters. The third-order valence-electron chi connectivity index (χ3n) is 2.36. The first-order chi connectivity index (χ1) is 9.35. The van der Waals surface area contributed by atoms with E-state index in [1.54, 1.807) is 19.3 Å². The Bertz CT molecular complexity index is 601. The second kappa shape index (κ2) is 5.97. The molecule has 20 heavy (non-hydrogen) atoms. The van der Waals surface area contributed by atoms with E-state index >= 15 is 0 Å². The predicted molar refractivity (Wildman–Crippen MR) is 70.9 cm³/mol. The van der Waals surface area contributed by atoms with Crippen LogP contribution in [0.3, 0.4) is 0 Å². The summed E-state index contributed by atoms with van der Waals surface area (Å²) in [5.74, 6) is 0.329. The van der Waals surface area contributed by atoms with Crippen LogP contribution < -0.4 is 4.74 Å². The molecular formula is C12H10ClF3N2OS. The van der Waals surface area contributed by atoms with Crippen molar-refractivity contribution >= 4 is 23.4 Å². The summed E-state index contributed by atoms with van der Waals surface area (Å²) in [6.45, 7) is -0.0743. The van der Waals surface area contributed by atoms with Gasteiger partial charge in [-0.15, -0.1) is 5.10 Å². The molecule has 0 radical (unpaired) electrons. The van der Waals surface area contributed by atoms with Gasteiger partial charge in [0.15, 0.2) is 0 Å². The molecule has 1 heterocycles. The predicted octanol–water partition coefficient (Wildman–Crippen LogP) is 4.26. The Labute approximate surface area is 122 Å². The summed E-state index contributed by atoms with van der Waals surface area (Å²) < 4.78 is 44.3. The van der Waals surface area contributed by atoms with Crippen molar-refractivity contribution in [3.8, 4) is 5.88 Å². The smallest absolute Gasteiger partial charge is 0.446 e. The maximum Gasteiger partial charge on any atom is 0.446 e. The van der Waals surface area contributed by atoms with Crippen LogP contribution in [0.2, 0.25) is 5.02 Å². The van der Waals surface area contributed by atoms with Crippen LogP contribution in [0.4, 0.5) is 13.2 Å². The first kappa shape index (κ1) is 15.1. The fourth-order valence-corrected chi connectivity index (χ4v) is 2.49. The summed E-state index contributed by atoms with van der Waals surface area (Å²) >= 11 is 5.74. The first-order valence-electron chi connectivity index (χ1n) is 5.51. The molecule has 8 heteroatoms. The van der Waals surface area contributed by atoms with E-state index in [1.807, 2.05) is 0 Å². The Hall–Kier alpha value is -1.34. The minimum Gasteiger partial charge on any atom is -0.472 e. The number of aromatic nitrogens is 2. The molecule has 0 aliphatic carbocycles. The van der Waals surface area contributed by atoms with Crippen LogP contribution in [-0.2, 0) is 13.7 Å². The third-order valence-corrected chi connectivity index (χ3v) is 3.54. The average Bonchev–Trinajstić information content (AvgIpc) is 2.72. The summed E-state index contributed by atoms with van der Waals surface area (Å²) in [4.78, 5) is 0.0286. The molecule has 1 aromatic carbocycles. The lowest BCUT2D eigenvalue weighted by molar-refractivity contribution is -0.0328. The molecule has 0 fully saturated rings. The highest BCUT2D eigenvalue weighted by atomic mass is 35.5. The van der Waals surface area contributed by atoms with Gasteiger partial charge in [0, 0.05) is 34.8 Å². The normalized spacial score (nSPS) is 11.7. The summed E-state index contributed by atoms with van der Waals surface area (Å²) in [6, 6.07) is 5.98. The third kappa shape index (κ3) is 4.08. The number of aryl methyl sites for hydroxylation is 1. The van der Waals surface area contributed by atoms with E-state index in [9.17, 15) is 13.2 Å². The number of hydrogen-bond acceptors (Lipinski definition) is 3. The van der Waals surface area contributed by atoms with Crippen molar-refractivity contribution in [2.75, 3.05) is 0 Å². The van der Waals surface area contributed by atoms with Crippen LogP contribution in [0.1, 0.15) is 5.56 Å². The molecule has 0 unspecified atom stereocenters. The highest BCUT2D eigenvalue weighted by Gasteiger charge is 2.30. The van der Waals surface area contributed by atoms with Crippen molar-refractivity contribution in [3.63, 3.8) is 0 Å². The van der Waals surface area contributed by atoms with Gasteiger partial charge in [-0.2, -0.15) is 13.2 Å². The molecular weight excluding hydrogens is 313 g/mol. The van der Waals surface area contributed by atoms with E-state index in [-0.39, 0.29) is 28.3 Å². The Morgan fingerprint density at radius 1 is 1.35 bits per heavy atom. The fourth-order valence-electron chi connectivity index (χ4n) is 1.52. The molecule has 3 nitrogen and oxygen atoms in total. The number of nitrogens with zero attached hydrogens (tertiary/aromatic N) is 2. The van der Waals surface area contributed by atoms with Gasteiger partial charge in [0.2, 0.25) is 5.88 Å². The van der Waals surface area contributed by atoms with Gasteiger partial charge in [0.05, 0.1) is 0 Å². The zero-order valence-electron chi connectivity index (χ0n) is 10.3. The first-order valence-corrected chi connectivity index (χ1v) is 6.70. The Morgan fingerprint density at radius 2 is 2.10 bits per heavy atom. The largest absolute Gasteiger partial charge is 0.472 e. The minimum absolute atomic E-state index is 0.0286. The maximum atomic E-state index is 12.5. The summed E-state index contributed by atoms with van der Waals surface area (Å²) in [7, 11) is 1.72. The molecule has 0 saturated heterocycles. The zero-order valence-corrected chi connectivity index (χ0v) is 11.9. The van der Waals surface area contributed by atoms with Crippen LogP contribution in [0, 0.1) is 0 Å². The topological polar surface area (TPSA) is 27.1 Å². The van der Waals surface area contributed by atoms with Crippen LogP contribution in [-0.4, -0.2) is 15.3 Å². The second-order valence-electron chi connectivity index (χ2n) is 3.88. The molecule has 1 aromatic heterocycles. The molecule has 0 aliphatic heterocycles. The molecule has 0 aliphatic rings. The van der Waals surface area contributed by atoms with Gasteiger partial charge >= 0.3 is 5.51 Å². The van der Waals surface area contributed by atoms with E-state index in [0.29, 0.717) is 11.4 Å². The quantitative estimate of drug-likeness (QED) is 0.787. The van der Waals surface area contributed by atoms with Gasteiger partial charge < -0.3 is 4.74 Å². The highest BCUT2D eigenvalue weighted by Crippen LogP contribution is 2.40. The van der Waals surface area contributed by atoms with Crippen molar-refractivity contribution in [2.24, 2.45) is 7.05 Å². The summed E-state index contributed by atoms with van der Waals surface area (Å²) in [5.41, 5.74) is -4.08. The number of alkyl halides is 3. The molecule has 0 bridgehead atoms. The minimum atomic E-state index is -4.37. The van der Waals surface area contributed by atoms with Gasteiger partial charge in [-0.25, -0.2) is 0 Å². The van der Waals surface area contributed by atoms with Crippen LogP contribution >= 0.6 is 23.4 Å². The van der Waals surface area contributed by atoms with Crippen molar-refractivity contribution < 1.29 is 17.9 Å². The van der Waals surface area contributed by atoms with Crippen molar-refractivity contribution in [3.05, 3.63) is 41.0 Å². The summed E-state index contributed by atoms with van der Waals surface area (Å²) in [6.07, 6.45) is 1.67. The van der Waals surface area contributed by atoms with Crippen LogP contribution in [0.25, 0.3) is 0 Å². The lowest BCUT2D eigenvalue weighted by Gasteiger charge is -2.12. The molecule has 2 aromatic rings. The van der Waals surface area contributed by atoms with E-state index in [1.165, 1.54) is 22.9 Å².